The van der Waals surface area contributed by atoms with Crippen molar-refractivity contribution in [3.05, 3.63) is 12.2 Å². The number of piperidine rings is 1. The summed E-state index contributed by atoms with van der Waals surface area (Å²) in [5, 5.41) is 3.71. The van der Waals surface area contributed by atoms with E-state index in [1.54, 1.807) is 0 Å². The van der Waals surface area contributed by atoms with Gasteiger partial charge in [0.25, 0.3) is 0 Å². The molecule has 1 saturated heterocycles. The number of hydrogen-bond acceptors (Lipinski definition) is 3. The Morgan fingerprint density at radius 1 is 1.32 bits per heavy atom. The van der Waals surface area contributed by atoms with E-state index in [0.717, 1.165) is 31.8 Å². The Bertz CT molecular complexity index is 400. The number of nitrogens with one attached hydrogen (secondary N) is 1. The third-order valence-corrected chi connectivity index (χ3v) is 4.66. The Balaban J connectivity index is 1.85. The van der Waals surface area contributed by atoms with E-state index in [9.17, 15) is 4.79 Å². The minimum atomic E-state index is -0.425. The predicted molar refractivity (Wildman–Crippen MR) is 89.9 cm³/mol. The maximum absolute atomic E-state index is 12.3. The molecule has 126 valence electrons. The summed E-state index contributed by atoms with van der Waals surface area (Å²) in [7, 11) is 0. The molecule has 22 heavy (non-hydrogen) atoms. The van der Waals surface area contributed by atoms with Crippen molar-refractivity contribution >= 4 is 6.09 Å². The monoisotopic (exact) mass is 308 g/mol. The lowest BCUT2D eigenvalue weighted by atomic mass is 9.92. The van der Waals surface area contributed by atoms with Crippen LogP contribution in [0.5, 0.6) is 0 Å². The van der Waals surface area contributed by atoms with Gasteiger partial charge in [-0.25, -0.2) is 4.79 Å². The van der Waals surface area contributed by atoms with Crippen molar-refractivity contribution in [1.82, 2.24) is 10.2 Å². The Labute approximate surface area is 135 Å². The first-order chi connectivity index (χ1) is 10.4. The van der Waals surface area contributed by atoms with Crippen molar-refractivity contribution < 1.29 is 9.53 Å². The molecular weight excluding hydrogens is 276 g/mol. The number of carbonyl (C=O) groups is 1. The van der Waals surface area contributed by atoms with E-state index in [1.165, 1.54) is 19.3 Å². The molecule has 1 heterocycles. The second-order valence-electron chi connectivity index (χ2n) is 7.72. The molecule has 1 N–H and O–H groups in total. The van der Waals surface area contributed by atoms with Crippen LogP contribution < -0.4 is 5.32 Å². The smallest absolute Gasteiger partial charge is 0.410 e. The molecule has 1 aliphatic carbocycles. The van der Waals surface area contributed by atoms with Crippen LogP contribution in [0.15, 0.2) is 12.2 Å². The van der Waals surface area contributed by atoms with Gasteiger partial charge in [-0.15, -0.1) is 0 Å². The van der Waals surface area contributed by atoms with Gasteiger partial charge < -0.3 is 15.0 Å². The summed E-state index contributed by atoms with van der Waals surface area (Å²) in [6.07, 6.45) is 10.3. The molecule has 0 spiro atoms. The summed E-state index contributed by atoms with van der Waals surface area (Å²) in [5.74, 6) is 0.745. The van der Waals surface area contributed by atoms with Crippen LogP contribution in [-0.4, -0.2) is 41.8 Å². The van der Waals surface area contributed by atoms with E-state index in [0.29, 0.717) is 6.04 Å². The Morgan fingerprint density at radius 2 is 2.09 bits per heavy atom. The van der Waals surface area contributed by atoms with Crippen molar-refractivity contribution in [2.75, 3.05) is 13.1 Å². The second kappa shape index (κ2) is 7.49. The van der Waals surface area contributed by atoms with Crippen molar-refractivity contribution in [2.45, 2.75) is 77.5 Å². The first-order valence-electron chi connectivity index (χ1n) is 8.75. The van der Waals surface area contributed by atoms with Gasteiger partial charge >= 0.3 is 6.09 Å². The molecule has 1 aliphatic heterocycles. The van der Waals surface area contributed by atoms with Crippen LogP contribution in [0, 0.1) is 5.92 Å². The summed E-state index contributed by atoms with van der Waals surface area (Å²) in [5.41, 5.74) is -0.425. The van der Waals surface area contributed by atoms with Crippen LogP contribution in [0.2, 0.25) is 0 Å². The lowest BCUT2D eigenvalue weighted by Crippen LogP contribution is -2.56. The number of ether oxygens (including phenoxy) is 1. The maximum Gasteiger partial charge on any atom is 0.410 e. The van der Waals surface area contributed by atoms with Crippen LogP contribution >= 0.6 is 0 Å². The van der Waals surface area contributed by atoms with Crippen molar-refractivity contribution in [2.24, 2.45) is 5.92 Å². The number of allylic oxidation sites excluding steroid dienone is 2. The molecule has 2 aliphatic rings. The van der Waals surface area contributed by atoms with Gasteiger partial charge in [0.2, 0.25) is 0 Å². The van der Waals surface area contributed by atoms with Gasteiger partial charge in [-0.3, -0.25) is 0 Å². The van der Waals surface area contributed by atoms with Gasteiger partial charge in [0.15, 0.2) is 0 Å². The second-order valence-corrected chi connectivity index (χ2v) is 7.72. The molecule has 4 heteroatoms. The fourth-order valence-electron chi connectivity index (χ4n) is 3.35. The van der Waals surface area contributed by atoms with E-state index >= 15 is 0 Å². The van der Waals surface area contributed by atoms with Gasteiger partial charge in [0.05, 0.1) is 0 Å². The molecular formula is C18H32N2O2. The van der Waals surface area contributed by atoms with Gasteiger partial charge in [0, 0.05) is 18.6 Å². The van der Waals surface area contributed by atoms with Crippen LogP contribution in [-0.2, 0) is 4.74 Å². The SMILES string of the molecule is CC1C(NCC2CC=CCC2)CCCN1C(=O)OC(C)(C)C. The van der Waals surface area contributed by atoms with Crippen LogP contribution in [0.3, 0.4) is 0 Å². The van der Waals surface area contributed by atoms with E-state index < -0.39 is 5.60 Å². The normalized spacial score (nSPS) is 29.5. The average Bonchev–Trinajstić information content (AvgIpc) is 2.45. The highest BCUT2D eigenvalue weighted by atomic mass is 16.6. The Hall–Kier alpha value is -1.03. The Kier molecular flexibility index (Phi) is 5.90. The van der Waals surface area contributed by atoms with E-state index in [2.05, 4.69) is 24.4 Å². The topological polar surface area (TPSA) is 41.6 Å². The summed E-state index contributed by atoms with van der Waals surface area (Å²) in [6, 6.07) is 0.579. The first kappa shape index (κ1) is 17.3. The molecule has 0 bridgehead atoms. The third kappa shape index (κ3) is 5.01. The quantitative estimate of drug-likeness (QED) is 0.808. The number of nitrogens with zero attached hydrogens (tertiary/aromatic N) is 1. The van der Waals surface area contributed by atoms with Gasteiger partial charge in [-0.1, -0.05) is 12.2 Å². The summed E-state index contributed by atoms with van der Waals surface area (Å²) in [6.45, 7) is 9.77. The van der Waals surface area contributed by atoms with Crippen molar-refractivity contribution in [3.8, 4) is 0 Å². The fourth-order valence-corrected chi connectivity index (χ4v) is 3.35. The van der Waals surface area contributed by atoms with Crippen LogP contribution in [0.25, 0.3) is 0 Å². The van der Waals surface area contributed by atoms with Crippen molar-refractivity contribution in [3.63, 3.8) is 0 Å². The van der Waals surface area contributed by atoms with E-state index in [1.807, 2.05) is 25.7 Å². The summed E-state index contributed by atoms with van der Waals surface area (Å²) in [4.78, 5) is 14.2. The molecule has 0 radical (unpaired) electrons. The highest BCUT2D eigenvalue weighted by Crippen LogP contribution is 2.22. The summed E-state index contributed by atoms with van der Waals surface area (Å²) < 4.78 is 5.54. The van der Waals surface area contributed by atoms with Gasteiger partial charge in [-0.05, 0) is 72.3 Å². The van der Waals surface area contributed by atoms with Crippen LogP contribution in [0.1, 0.15) is 59.8 Å². The standard InChI is InChI=1S/C18H32N2O2/c1-14-16(19-13-15-9-6-5-7-10-15)11-8-12-20(14)17(21)22-18(2,3)4/h5-6,14-16,19H,7-13H2,1-4H3. The lowest BCUT2D eigenvalue weighted by Gasteiger charge is -2.40. The maximum atomic E-state index is 12.3. The number of rotatable bonds is 3. The average molecular weight is 308 g/mol. The molecule has 1 fully saturated rings. The molecule has 4 nitrogen and oxygen atoms in total. The lowest BCUT2D eigenvalue weighted by molar-refractivity contribution is 0.00686. The van der Waals surface area contributed by atoms with E-state index in [4.69, 9.17) is 4.74 Å². The van der Waals surface area contributed by atoms with E-state index in [-0.39, 0.29) is 12.1 Å². The zero-order chi connectivity index (χ0) is 16.2. The molecule has 3 atom stereocenters. The first-order valence-corrected chi connectivity index (χ1v) is 8.75. The number of hydrogen-bond donors (Lipinski definition) is 1. The minimum absolute atomic E-state index is 0.174. The van der Waals surface area contributed by atoms with Gasteiger partial charge in [0.1, 0.15) is 5.60 Å². The zero-order valence-corrected chi connectivity index (χ0v) is 14.6. The van der Waals surface area contributed by atoms with Crippen molar-refractivity contribution in [1.29, 1.82) is 0 Å². The fraction of sp³-hybridized carbons (Fsp3) is 0.833. The third-order valence-electron chi connectivity index (χ3n) is 4.66. The molecule has 0 aromatic carbocycles. The number of amides is 1. The van der Waals surface area contributed by atoms with Gasteiger partial charge in [-0.2, -0.15) is 0 Å². The molecule has 1 amide bonds. The number of likely N-dealkylation sites (tertiary alicyclic amines) is 1. The molecule has 0 saturated carbocycles. The molecule has 3 unspecified atom stereocenters. The molecule has 0 aromatic rings. The predicted octanol–water partition coefficient (Wildman–Crippen LogP) is 3.72. The zero-order valence-electron chi connectivity index (χ0n) is 14.6. The summed E-state index contributed by atoms with van der Waals surface area (Å²) >= 11 is 0. The minimum Gasteiger partial charge on any atom is -0.444 e. The Morgan fingerprint density at radius 3 is 2.73 bits per heavy atom. The van der Waals surface area contributed by atoms with Crippen LogP contribution in [0.4, 0.5) is 4.79 Å². The highest BCUT2D eigenvalue weighted by molar-refractivity contribution is 5.68. The molecule has 0 aromatic heterocycles. The molecule has 2 rings (SSSR count). The largest absolute Gasteiger partial charge is 0.444 e. The highest BCUT2D eigenvalue weighted by Gasteiger charge is 2.33. The number of carbonyl (C=O) groups excluding carboxylic acids is 1.